The Balaban J connectivity index is 1.73. The van der Waals surface area contributed by atoms with Crippen LogP contribution in [0.2, 0.25) is 0 Å². The van der Waals surface area contributed by atoms with E-state index in [-0.39, 0.29) is 0 Å². The van der Waals surface area contributed by atoms with Crippen LogP contribution in [0.3, 0.4) is 0 Å². The van der Waals surface area contributed by atoms with Gasteiger partial charge in [0.25, 0.3) is 0 Å². The molecule has 2 saturated carbocycles. The van der Waals surface area contributed by atoms with E-state index in [9.17, 15) is 0 Å². The Morgan fingerprint density at radius 2 is 1.29 bits per heavy atom. The maximum atomic E-state index is 2.81. The van der Waals surface area contributed by atoms with Gasteiger partial charge in [0.05, 0.1) is 0 Å². The van der Waals surface area contributed by atoms with Gasteiger partial charge in [-0.25, -0.2) is 0 Å². The van der Waals surface area contributed by atoms with Gasteiger partial charge in [0.1, 0.15) is 0 Å². The molecular weight excluding hydrogens is 254 g/mol. The lowest BCUT2D eigenvalue weighted by Gasteiger charge is -2.56. The number of hydrogen-bond acceptors (Lipinski definition) is 1. The van der Waals surface area contributed by atoms with Crippen LogP contribution in [0.15, 0.2) is 30.3 Å². The monoisotopic (exact) mass is 283 g/mol. The first-order valence-corrected chi connectivity index (χ1v) is 9.13. The molecule has 2 aliphatic carbocycles. The van der Waals surface area contributed by atoms with Crippen LogP contribution in [0.4, 0.5) is 0 Å². The average molecular weight is 283 g/mol. The molecule has 21 heavy (non-hydrogen) atoms. The van der Waals surface area contributed by atoms with Gasteiger partial charge in [-0.1, -0.05) is 56.0 Å². The van der Waals surface area contributed by atoms with E-state index in [0.717, 1.165) is 29.8 Å². The Bertz CT molecular complexity index is 444. The van der Waals surface area contributed by atoms with Gasteiger partial charge in [0, 0.05) is 12.1 Å². The third-order valence-corrected chi connectivity index (χ3v) is 6.72. The molecule has 4 unspecified atom stereocenters. The van der Waals surface area contributed by atoms with Crippen LogP contribution >= 0.6 is 0 Å². The van der Waals surface area contributed by atoms with Crippen LogP contribution in [-0.2, 0) is 0 Å². The molecule has 0 bridgehead atoms. The Morgan fingerprint density at radius 1 is 0.762 bits per heavy atom. The summed E-state index contributed by atoms with van der Waals surface area (Å²) < 4.78 is 0. The molecule has 1 aliphatic heterocycles. The summed E-state index contributed by atoms with van der Waals surface area (Å²) in [7, 11) is 2.44. The van der Waals surface area contributed by atoms with Gasteiger partial charge in [0.2, 0.25) is 0 Å². The van der Waals surface area contributed by atoms with E-state index < -0.39 is 0 Å². The van der Waals surface area contributed by atoms with Crippen molar-refractivity contribution in [2.24, 2.45) is 11.8 Å². The first-order valence-electron chi connectivity index (χ1n) is 9.13. The van der Waals surface area contributed by atoms with E-state index in [0.29, 0.717) is 0 Å². The molecule has 0 radical (unpaired) electrons. The minimum atomic E-state index is 0.831. The van der Waals surface area contributed by atoms with Crippen LogP contribution in [0.5, 0.6) is 0 Å². The molecule has 1 aromatic carbocycles. The van der Waals surface area contributed by atoms with Crippen molar-refractivity contribution in [3.8, 4) is 0 Å². The highest BCUT2D eigenvalue weighted by Crippen LogP contribution is 2.52. The van der Waals surface area contributed by atoms with Crippen molar-refractivity contribution in [3.63, 3.8) is 0 Å². The second-order valence-corrected chi connectivity index (χ2v) is 7.63. The normalized spacial score (nSPS) is 40.3. The molecule has 1 nitrogen and oxygen atoms in total. The maximum absolute atomic E-state index is 2.81. The van der Waals surface area contributed by atoms with Crippen LogP contribution in [0, 0.1) is 11.8 Å². The second kappa shape index (κ2) is 5.76. The van der Waals surface area contributed by atoms with Crippen molar-refractivity contribution < 1.29 is 0 Å². The number of fused-ring (bicyclic) bond motifs is 2. The molecule has 0 spiro atoms. The fourth-order valence-electron chi connectivity index (χ4n) is 5.86. The summed E-state index contributed by atoms with van der Waals surface area (Å²) in [4.78, 5) is 2.81. The number of likely N-dealkylation sites (tertiary alicyclic amines) is 1. The first-order chi connectivity index (χ1) is 10.4. The Hall–Kier alpha value is -0.820. The summed E-state index contributed by atoms with van der Waals surface area (Å²) in [5.41, 5.74) is 1.64. The van der Waals surface area contributed by atoms with E-state index in [1.54, 1.807) is 5.56 Å². The van der Waals surface area contributed by atoms with Crippen molar-refractivity contribution >= 4 is 0 Å². The standard InChI is InChI=1S/C20H29N/c1-21-18-13-7-5-11-16(18)20(15-9-3-2-4-10-15)17-12-6-8-14-19(17)21/h2-4,9-10,16-20H,5-8,11-14H2,1H3. The minimum Gasteiger partial charge on any atom is -0.300 e. The van der Waals surface area contributed by atoms with Gasteiger partial charge >= 0.3 is 0 Å². The molecule has 1 aromatic rings. The minimum absolute atomic E-state index is 0.831. The van der Waals surface area contributed by atoms with Gasteiger partial charge in [-0.05, 0) is 56.0 Å². The van der Waals surface area contributed by atoms with Crippen LogP contribution < -0.4 is 0 Å². The fraction of sp³-hybridized carbons (Fsp3) is 0.700. The van der Waals surface area contributed by atoms with Crippen LogP contribution in [-0.4, -0.2) is 24.0 Å². The van der Waals surface area contributed by atoms with Gasteiger partial charge in [-0.3, -0.25) is 4.90 Å². The van der Waals surface area contributed by atoms with Crippen molar-refractivity contribution in [1.29, 1.82) is 0 Å². The Kier molecular flexibility index (Phi) is 3.79. The van der Waals surface area contributed by atoms with Crippen molar-refractivity contribution in [2.75, 3.05) is 7.05 Å². The summed E-state index contributed by atoms with van der Waals surface area (Å²) in [6.07, 6.45) is 11.6. The van der Waals surface area contributed by atoms with Gasteiger partial charge in [0.15, 0.2) is 0 Å². The summed E-state index contributed by atoms with van der Waals surface area (Å²) in [5, 5.41) is 0. The molecule has 0 amide bonds. The summed E-state index contributed by atoms with van der Waals surface area (Å²) in [5.74, 6) is 2.65. The molecule has 0 N–H and O–H groups in total. The summed E-state index contributed by atoms with van der Waals surface area (Å²) in [6, 6.07) is 13.2. The van der Waals surface area contributed by atoms with Gasteiger partial charge in [-0.2, -0.15) is 0 Å². The molecule has 114 valence electrons. The zero-order valence-corrected chi connectivity index (χ0v) is 13.4. The lowest BCUT2D eigenvalue weighted by atomic mass is 9.60. The molecular formula is C20H29N. The fourth-order valence-corrected chi connectivity index (χ4v) is 5.86. The number of piperidine rings is 1. The highest BCUT2D eigenvalue weighted by atomic mass is 15.2. The SMILES string of the molecule is CN1C2CCCCC2C(c2ccccc2)C2CCCCC21. The van der Waals surface area contributed by atoms with Crippen LogP contribution in [0.1, 0.15) is 62.8 Å². The molecule has 3 aliphatic rings. The number of rotatable bonds is 1. The van der Waals surface area contributed by atoms with E-state index in [2.05, 4.69) is 42.3 Å². The molecule has 0 aromatic heterocycles. The molecule has 4 rings (SSSR count). The predicted octanol–water partition coefficient (Wildman–Crippen LogP) is 4.83. The predicted molar refractivity (Wildman–Crippen MR) is 88.4 cm³/mol. The van der Waals surface area contributed by atoms with E-state index in [1.807, 2.05) is 0 Å². The smallest absolute Gasteiger partial charge is 0.0129 e. The van der Waals surface area contributed by atoms with Crippen molar-refractivity contribution in [3.05, 3.63) is 35.9 Å². The van der Waals surface area contributed by atoms with Crippen molar-refractivity contribution in [2.45, 2.75) is 69.4 Å². The Morgan fingerprint density at radius 3 is 1.86 bits per heavy atom. The molecule has 1 heteroatoms. The second-order valence-electron chi connectivity index (χ2n) is 7.63. The maximum Gasteiger partial charge on any atom is 0.0129 e. The largest absolute Gasteiger partial charge is 0.300 e. The number of benzene rings is 1. The quantitative estimate of drug-likeness (QED) is 0.713. The molecule has 1 heterocycles. The lowest BCUT2D eigenvalue weighted by molar-refractivity contribution is -0.0386. The zero-order valence-electron chi connectivity index (χ0n) is 13.4. The third kappa shape index (κ3) is 2.34. The molecule has 3 fully saturated rings. The van der Waals surface area contributed by atoms with E-state index in [4.69, 9.17) is 0 Å². The van der Waals surface area contributed by atoms with Gasteiger partial charge in [-0.15, -0.1) is 0 Å². The third-order valence-electron chi connectivity index (χ3n) is 6.72. The van der Waals surface area contributed by atoms with Crippen molar-refractivity contribution in [1.82, 2.24) is 4.90 Å². The Labute approximate surface area is 129 Å². The highest BCUT2D eigenvalue weighted by molar-refractivity contribution is 5.24. The molecule has 4 atom stereocenters. The van der Waals surface area contributed by atoms with E-state index in [1.165, 1.54) is 51.4 Å². The van der Waals surface area contributed by atoms with Gasteiger partial charge < -0.3 is 0 Å². The highest BCUT2D eigenvalue weighted by Gasteiger charge is 2.48. The van der Waals surface area contributed by atoms with Crippen LogP contribution in [0.25, 0.3) is 0 Å². The topological polar surface area (TPSA) is 3.24 Å². The number of hydrogen-bond donors (Lipinski definition) is 0. The lowest BCUT2D eigenvalue weighted by Crippen LogP contribution is -2.58. The first kappa shape index (κ1) is 13.8. The zero-order chi connectivity index (χ0) is 14.2. The van der Waals surface area contributed by atoms with E-state index >= 15 is 0 Å². The number of nitrogens with zero attached hydrogens (tertiary/aromatic N) is 1. The average Bonchev–Trinajstić information content (AvgIpc) is 2.56. The summed E-state index contributed by atoms with van der Waals surface area (Å²) in [6.45, 7) is 0. The summed E-state index contributed by atoms with van der Waals surface area (Å²) >= 11 is 0. The molecule has 1 saturated heterocycles.